The molecule has 2 aromatic carbocycles. The average Bonchev–Trinajstić information content (AvgIpc) is 3.10. The highest BCUT2D eigenvalue weighted by Gasteiger charge is 2.60. The van der Waals surface area contributed by atoms with Gasteiger partial charge in [-0.25, -0.2) is 14.6 Å². The summed E-state index contributed by atoms with van der Waals surface area (Å²) in [6, 6.07) is 18.0. The van der Waals surface area contributed by atoms with Gasteiger partial charge in [0.05, 0.1) is 14.2 Å². The molecule has 3 rings (SSSR count). The van der Waals surface area contributed by atoms with Crippen LogP contribution in [0.4, 0.5) is 0 Å². The highest BCUT2D eigenvalue weighted by molar-refractivity contribution is 6.31. The van der Waals surface area contributed by atoms with Gasteiger partial charge in [-0.2, -0.15) is 0 Å². The number of hydrogen-bond acceptors (Lipinski definition) is 6. The highest BCUT2D eigenvalue weighted by Crippen LogP contribution is 2.38. The number of carbonyl (C=O) groups is 2. The zero-order chi connectivity index (χ0) is 17.9. The van der Waals surface area contributed by atoms with Gasteiger partial charge < -0.3 is 14.2 Å². The Morgan fingerprint density at radius 3 is 1.96 bits per heavy atom. The van der Waals surface area contributed by atoms with E-state index in [4.69, 9.17) is 14.2 Å². The molecule has 6 heteroatoms. The van der Waals surface area contributed by atoms with Crippen LogP contribution in [0.15, 0.2) is 65.7 Å². The minimum Gasteiger partial charge on any atom is -0.466 e. The third-order valence-corrected chi connectivity index (χ3v) is 3.95. The number of nitrogens with zero attached hydrogens (tertiary/aromatic N) is 1. The molecule has 0 N–H and O–H groups in total. The van der Waals surface area contributed by atoms with Crippen LogP contribution in [0.5, 0.6) is 0 Å². The van der Waals surface area contributed by atoms with Crippen molar-refractivity contribution in [2.24, 2.45) is 4.99 Å². The maximum Gasteiger partial charge on any atom is 0.356 e. The van der Waals surface area contributed by atoms with Gasteiger partial charge in [0.15, 0.2) is 6.23 Å². The van der Waals surface area contributed by atoms with E-state index in [1.807, 2.05) is 24.3 Å². The van der Waals surface area contributed by atoms with E-state index in [0.717, 1.165) is 0 Å². The Morgan fingerprint density at radius 2 is 1.44 bits per heavy atom. The quantitative estimate of drug-likeness (QED) is 0.631. The van der Waals surface area contributed by atoms with Crippen molar-refractivity contribution in [3.63, 3.8) is 0 Å². The Kier molecular flexibility index (Phi) is 4.63. The molecular formula is C19H17NO5. The van der Waals surface area contributed by atoms with Gasteiger partial charge in [-0.3, -0.25) is 0 Å². The lowest BCUT2D eigenvalue weighted by Crippen LogP contribution is -2.54. The smallest absolute Gasteiger partial charge is 0.356 e. The topological polar surface area (TPSA) is 74.2 Å². The van der Waals surface area contributed by atoms with Gasteiger partial charge in [-0.1, -0.05) is 60.7 Å². The summed E-state index contributed by atoms with van der Waals surface area (Å²) in [5.41, 5.74) is -0.603. The van der Waals surface area contributed by atoms with E-state index in [2.05, 4.69) is 4.99 Å². The van der Waals surface area contributed by atoms with Crippen molar-refractivity contribution in [1.29, 1.82) is 0 Å². The summed E-state index contributed by atoms with van der Waals surface area (Å²) < 4.78 is 15.6. The third kappa shape index (κ3) is 2.81. The number of hydrogen-bond donors (Lipinski definition) is 0. The Balaban J connectivity index is 2.17. The van der Waals surface area contributed by atoms with Crippen molar-refractivity contribution in [1.82, 2.24) is 0 Å². The molecule has 2 aromatic rings. The third-order valence-electron chi connectivity index (χ3n) is 3.95. The van der Waals surface area contributed by atoms with Crippen LogP contribution in [-0.2, 0) is 23.8 Å². The van der Waals surface area contributed by atoms with Crippen LogP contribution in [0.3, 0.4) is 0 Å². The first-order chi connectivity index (χ1) is 12.1. The first-order valence-corrected chi connectivity index (χ1v) is 7.66. The molecule has 0 saturated carbocycles. The number of aliphatic imine (C=N–C) groups is 1. The fraction of sp³-hybridized carbons (Fsp3) is 0.211. The standard InChI is InChI=1S/C19H17NO5/c1-23-17(21)19(18(22)24-2)15(13-9-5-3-6-10-13)20-16(25-19)14-11-7-4-8-12-14/h3-12,16H,1-2H3. The van der Waals surface area contributed by atoms with Crippen molar-refractivity contribution in [3.05, 3.63) is 71.8 Å². The van der Waals surface area contributed by atoms with Crippen LogP contribution in [0.2, 0.25) is 0 Å². The van der Waals surface area contributed by atoms with Crippen molar-refractivity contribution in [2.75, 3.05) is 14.2 Å². The van der Waals surface area contributed by atoms with Crippen molar-refractivity contribution in [2.45, 2.75) is 11.8 Å². The summed E-state index contributed by atoms with van der Waals surface area (Å²) in [6.07, 6.45) is -0.824. The molecule has 0 aliphatic carbocycles. The number of rotatable bonds is 4. The zero-order valence-corrected chi connectivity index (χ0v) is 13.8. The van der Waals surface area contributed by atoms with E-state index in [9.17, 15) is 9.59 Å². The van der Waals surface area contributed by atoms with E-state index < -0.39 is 23.8 Å². The predicted octanol–water partition coefficient (Wildman–Crippen LogP) is 2.29. The van der Waals surface area contributed by atoms with Gasteiger partial charge in [0.2, 0.25) is 0 Å². The predicted molar refractivity (Wildman–Crippen MR) is 90.0 cm³/mol. The van der Waals surface area contributed by atoms with Gasteiger partial charge >= 0.3 is 17.5 Å². The molecular weight excluding hydrogens is 322 g/mol. The Morgan fingerprint density at radius 1 is 0.920 bits per heavy atom. The first kappa shape index (κ1) is 16.9. The SMILES string of the molecule is COC(=O)C1(C(=O)OC)OC(c2ccccc2)N=C1c1ccccc1. The van der Waals surface area contributed by atoms with E-state index in [0.29, 0.717) is 11.1 Å². The summed E-state index contributed by atoms with van der Waals surface area (Å²) in [5, 5.41) is 0. The molecule has 25 heavy (non-hydrogen) atoms. The molecule has 1 atom stereocenters. The fourth-order valence-electron chi connectivity index (χ4n) is 2.75. The van der Waals surface area contributed by atoms with Crippen LogP contribution < -0.4 is 0 Å². The van der Waals surface area contributed by atoms with E-state index >= 15 is 0 Å². The molecule has 0 bridgehead atoms. The van der Waals surface area contributed by atoms with Gasteiger partial charge in [0, 0.05) is 5.56 Å². The monoisotopic (exact) mass is 339 g/mol. The lowest BCUT2D eigenvalue weighted by molar-refractivity contribution is -0.180. The van der Waals surface area contributed by atoms with Crippen LogP contribution in [0.1, 0.15) is 17.4 Å². The number of methoxy groups -OCH3 is 2. The van der Waals surface area contributed by atoms with Gasteiger partial charge in [-0.05, 0) is 5.56 Å². The number of esters is 2. The summed E-state index contributed by atoms with van der Waals surface area (Å²) in [6.45, 7) is 0. The number of ether oxygens (including phenoxy) is 3. The lowest BCUT2D eigenvalue weighted by Gasteiger charge is -2.25. The van der Waals surface area contributed by atoms with Crippen LogP contribution in [0.25, 0.3) is 0 Å². The summed E-state index contributed by atoms with van der Waals surface area (Å²) in [4.78, 5) is 29.6. The fourth-order valence-corrected chi connectivity index (χ4v) is 2.75. The summed E-state index contributed by atoms with van der Waals surface area (Å²) in [5.74, 6) is -1.75. The summed E-state index contributed by atoms with van der Waals surface area (Å²) >= 11 is 0. The largest absolute Gasteiger partial charge is 0.466 e. The Labute approximate surface area is 145 Å². The zero-order valence-electron chi connectivity index (χ0n) is 13.8. The van der Waals surface area contributed by atoms with Gasteiger partial charge in [-0.15, -0.1) is 0 Å². The maximum absolute atomic E-state index is 12.6. The molecule has 1 heterocycles. The van der Waals surface area contributed by atoms with E-state index in [1.54, 1.807) is 36.4 Å². The maximum atomic E-state index is 12.6. The lowest BCUT2D eigenvalue weighted by atomic mass is 9.92. The first-order valence-electron chi connectivity index (χ1n) is 7.66. The van der Waals surface area contributed by atoms with E-state index in [1.165, 1.54) is 14.2 Å². The molecule has 0 spiro atoms. The molecule has 1 aliphatic rings. The minimum atomic E-state index is -2.06. The second kappa shape index (κ2) is 6.86. The molecule has 0 aromatic heterocycles. The second-order valence-electron chi connectivity index (χ2n) is 5.39. The van der Waals surface area contributed by atoms with Crippen molar-refractivity contribution < 1.29 is 23.8 Å². The molecule has 1 unspecified atom stereocenters. The number of carbonyl (C=O) groups excluding carboxylic acids is 2. The van der Waals surface area contributed by atoms with Crippen LogP contribution in [0, 0.1) is 0 Å². The minimum absolute atomic E-state index is 0.167. The van der Waals surface area contributed by atoms with E-state index in [-0.39, 0.29) is 5.71 Å². The number of benzene rings is 2. The Hall–Kier alpha value is -2.99. The molecule has 0 saturated heterocycles. The van der Waals surface area contributed by atoms with Crippen LogP contribution in [-0.4, -0.2) is 37.5 Å². The van der Waals surface area contributed by atoms with Gasteiger partial charge in [0.1, 0.15) is 5.71 Å². The van der Waals surface area contributed by atoms with Crippen molar-refractivity contribution >= 4 is 17.7 Å². The molecule has 0 amide bonds. The van der Waals surface area contributed by atoms with Crippen molar-refractivity contribution in [3.8, 4) is 0 Å². The van der Waals surface area contributed by atoms with Crippen LogP contribution >= 0.6 is 0 Å². The molecule has 0 radical (unpaired) electrons. The molecule has 128 valence electrons. The normalized spacial score (nSPS) is 18.3. The second-order valence-corrected chi connectivity index (χ2v) is 5.39. The summed E-state index contributed by atoms with van der Waals surface area (Å²) in [7, 11) is 2.38. The molecule has 0 fully saturated rings. The Bertz CT molecular complexity index is 785. The van der Waals surface area contributed by atoms with Gasteiger partial charge in [0.25, 0.3) is 0 Å². The average molecular weight is 339 g/mol. The highest BCUT2D eigenvalue weighted by atomic mass is 16.6. The molecule has 6 nitrogen and oxygen atoms in total. The molecule has 1 aliphatic heterocycles.